The minimum Gasteiger partial charge on any atom is -0.497 e. The molecule has 116 valence electrons. The molecule has 0 aliphatic carbocycles. The first-order valence-corrected chi connectivity index (χ1v) is 7.27. The van der Waals surface area contributed by atoms with E-state index in [0.29, 0.717) is 25.2 Å². The van der Waals surface area contributed by atoms with Crippen molar-refractivity contribution in [1.29, 1.82) is 0 Å². The van der Waals surface area contributed by atoms with Crippen LogP contribution in [0.3, 0.4) is 0 Å². The number of ether oxygens (including phenoxy) is 1. The average Bonchev–Trinajstić information content (AvgIpc) is 2.46. The molecule has 1 heterocycles. The largest absolute Gasteiger partial charge is 0.497 e. The van der Waals surface area contributed by atoms with Gasteiger partial charge in [-0.25, -0.2) is 0 Å². The molecule has 0 unspecified atom stereocenters. The fraction of sp³-hybridized carbons (Fsp3) is 0.562. The Balaban J connectivity index is 1.90. The zero-order chi connectivity index (χ0) is 15.5. The molecule has 5 heteroatoms. The molecule has 2 rings (SSSR count). The van der Waals surface area contributed by atoms with Crippen molar-refractivity contribution >= 4 is 5.91 Å². The van der Waals surface area contributed by atoms with Crippen LogP contribution in [0.4, 0.5) is 0 Å². The molecule has 1 aromatic carbocycles. The highest BCUT2D eigenvalue weighted by Crippen LogP contribution is 2.15. The first-order valence-electron chi connectivity index (χ1n) is 7.27. The number of hydrogen-bond acceptors (Lipinski definition) is 4. The summed E-state index contributed by atoms with van der Waals surface area (Å²) in [5.74, 6) is 0.808. The highest BCUT2D eigenvalue weighted by Gasteiger charge is 2.25. The van der Waals surface area contributed by atoms with E-state index in [1.807, 2.05) is 18.7 Å². The Kier molecular flexibility index (Phi) is 4.85. The smallest absolute Gasteiger partial charge is 0.253 e. The zero-order valence-corrected chi connectivity index (χ0v) is 13.0. The first-order chi connectivity index (χ1) is 9.89. The molecular weight excluding hydrogens is 268 g/mol. The molecule has 0 saturated carbocycles. The van der Waals surface area contributed by atoms with Crippen LogP contribution in [0.1, 0.15) is 24.2 Å². The number of piperazine rings is 1. The highest BCUT2D eigenvalue weighted by molar-refractivity contribution is 5.94. The van der Waals surface area contributed by atoms with Crippen LogP contribution in [0.5, 0.6) is 5.75 Å². The zero-order valence-electron chi connectivity index (χ0n) is 13.0. The van der Waals surface area contributed by atoms with Gasteiger partial charge in [-0.2, -0.15) is 0 Å². The topological polar surface area (TPSA) is 53.0 Å². The van der Waals surface area contributed by atoms with Crippen LogP contribution in [-0.2, 0) is 0 Å². The van der Waals surface area contributed by atoms with E-state index in [0.717, 1.165) is 18.8 Å². The van der Waals surface area contributed by atoms with Crippen molar-refractivity contribution in [2.75, 3.05) is 39.8 Å². The Morgan fingerprint density at radius 2 is 1.76 bits per heavy atom. The van der Waals surface area contributed by atoms with Gasteiger partial charge in [0.15, 0.2) is 0 Å². The Morgan fingerprint density at radius 1 is 1.19 bits per heavy atom. The molecule has 1 aromatic rings. The molecule has 1 N–H and O–H groups in total. The van der Waals surface area contributed by atoms with Crippen LogP contribution in [0.2, 0.25) is 0 Å². The van der Waals surface area contributed by atoms with Crippen LogP contribution in [0.15, 0.2) is 24.3 Å². The van der Waals surface area contributed by atoms with E-state index in [9.17, 15) is 9.90 Å². The summed E-state index contributed by atoms with van der Waals surface area (Å²) >= 11 is 0. The van der Waals surface area contributed by atoms with Gasteiger partial charge in [-0.3, -0.25) is 9.69 Å². The van der Waals surface area contributed by atoms with Crippen molar-refractivity contribution in [1.82, 2.24) is 9.80 Å². The van der Waals surface area contributed by atoms with E-state index in [-0.39, 0.29) is 5.91 Å². The van der Waals surface area contributed by atoms with Gasteiger partial charge in [0.25, 0.3) is 5.91 Å². The number of aliphatic hydroxyl groups is 1. The molecule has 21 heavy (non-hydrogen) atoms. The monoisotopic (exact) mass is 292 g/mol. The van der Waals surface area contributed by atoms with E-state index in [1.54, 1.807) is 31.4 Å². The van der Waals surface area contributed by atoms with Crippen LogP contribution in [-0.4, -0.2) is 66.2 Å². The van der Waals surface area contributed by atoms with Gasteiger partial charge in [-0.05, 0) is 38.1 Å². The minimum atomic E-state index is -0.692. The summed E-state index contributed by atoms with van der Waals surface area (Å²) in [4.78, 5) is 16.5. The number of carbonyl (C=O) groups excluding carboxylic acids is 1. The van der Waals surface area contributed by atoms with Crippen molar-refractivity contribution in [2.45, 2.75) is 19.4 Å². The van der Waals surface area contributed by atoms with Gasteiger partial charge in [-0.1, -0.05) is 0 Å². The lowest BCUT2D eigenvalue weighted by Gasteiger charge is -2.37. The summed E-state index contributed by atoms with van der Waals surface area (Å²) in [7, 11) is 1.61. The lowest BCUT2D eigenvalue weighted by molar-refractivity contribution is 0.0178. The molecule has 0 spiro atoms. The van der Waals surface area contributed by atoms with Crippen LogP contribution < -0.4 is 4.74 Å². The molecule has 0 aromatic heterocycles. The quantitative estimate of drug-likeness (QED) is 0.907. The van der Waals surface area contributed by atoms with E-state index in [1.165, 1.54) is 0 Å². The number of amides is 1. The number of carbonyl (C=O) groups is 1. The number of hydrogen-bond donors (Lipinski definition) is 1. The molecule has 1 fully saturated rings. The molecule has 0 atom stereocenters. The third kappa shape index (κ3) is 4.44. The van der Waals surface area contributed by atoms with E-state index in [4.69, 9.17) is 4.74 Å². The number of rotatable bonds is 4. The van der Waals surface area contributed by atoms with Gasteiger partial charge in [0.1, 0.15) is 5.75 Å². The molecule has 1 saturated heterocycles. The van der Waals surface area contributed by atoms with E-state index >= 15 is 0 Å². The van der Waals surface area contributed by atoms with Crippen LogP contribution in [0, 0.1) is 0 Å². The second-order valence-electron chi connectivity index (χ2n) is 6.11. The Hall–Kier alpha value is -1.59. The number of methoxy groups -OCH3 is 1. The Bertz CT molecular complexity index is 471. The summed E-state index contributed by atoms with van der Waals surface area (Å²) in [6, 6.07) is 7.20. The molecular formula is C16H24N2O3. The maximum Gasteiger partial charge on any atom is 0.253 e. The van der Waals surface area contributed by atoms with Crippen molar-refractivity contribution < 1.29 is 14.6 Å². The predicted octanol–water partition coefficient (Wildman–Crippen LogP) is 1.22. The number of β-amino-alcohol motifs (C(OH)–C–C–N with tert-alkyl or cyclic N) is 1. The molecule has 0 bridgehead atoms. The minimum absolute atomic E-state index is 0.0561. The molecule has 0 radical (unpaired) electrons. The van der Waals surface area contributed by atoms with Gasteiger partial charge in [0.05, 0.1) is 12.7 Å². The summed E-state index contributed by atoms with van der Waals surface area (Å²) in [6.07, 6.45) is 0. The van der Waals surface area contributed by atoms with Crippen LogP contribution in [0.25, 0.3) is 0 Å². The van der Waals surface area contributed by atoms with Gasteiger partial charge < -0.3 is 14.7 Å². The first kappa shape index (κ1) is 15.8. The summed E-state index contributed by atoms with van der Waals surface area (Å²) < 4.78 is 5.10. The maximum atomic E-state index is 12.4. The average molecular weight is 292 g/mol. The standard InChI is InChI=1S/C16H24N2O3/c1-16(2,20)12-17-8-10-18(11-9-17)15(19)13-4-6-14(21-3)7-5-13/h4-7,20H,8-12H2,1-3H3. The summed E-state index contributed by atoms with van der Waals surface area (Å²) in [5, 5.41) is 9.84. The third-order valence-corrected chi connectivity index (χ3v) is 3.61. The molecule has 1 amide bonds. The molecule has 5 nitrogen and oxygen atoms in total. The lowest BCUT2D eigenvalue weighted by Crippen LogP contribution is -2.51. The molecule has 1 aliphatic heterocycles. The number of nitrogens with zero attached hydrogens (tertiary/aromatic N) is 2. The van der Waals surface area contributed by atoms with Crippen molar-refractivity contribution in [3.63, 3.8) is 0 Å². The fourth-order valence-corrected chi connectivity index (χ4v) is 2.57. The summed E-state index contributed by atoms with van der Waals surface area (Å²) in [6.45, 7) is 7.24. The molecule has 1 aliphatic rings. The maximum absolute atomic E-state index is 12.4. The van der Waals surface area contributed by atoms with Gasteiger partial charge in [0.2, 0.25) is 0 Å². The van der Waals surface area contributed by atoms with Crippen LogP contribution >= 0.6 is 0 Å². The van der Waals surface area contributed by atoms with Crippen molar-refractivity contribution in [2.24, 2.45) is 0 Å². The SMILES string of the molecule is COc1ccc(C(=O)N2CCN(CC(C)(C)O)CC2)cc1. The lowest BCUT2D eigenvalue weighted by atomic mass is 10.1. The number of benzene rings is 1. The normalized spacial score (nSPS) is 16.9. The van der Waals surface area contributed by atoms with E-state index in [2.05, 4.69) is 4.90 Å². The highest BCUT2D eigenvalue weighted by atomic mass is 16.5. The summed E-state index contributed by atoms with van der Waals surface area (Å²) in [5.41, 5.74) is -0.00550. The van der Waals surface area contributed by atoms with E-state index < -0.39 is 5.60 Å². The van der Waals surface area contributed by atoms with Crippen molar-refractivity contribution in [3.05, 3.63) is 29.8 Å². The Labute approximate surface area is 126 Å². The van der Waals surface area contributed by atoms with Gasteiger partial charge in [0, 0.05) is 38.3 Å². The van der Waals surface area contributed by atoms with Gasteiger partial charge >= 0.3 is 0 Å². The van der Waals surface area contributed by atoms with Crippen molar-refractivity contribution in [3.8, 4) is 5.75 Å². The fourth-order valence-electron chi connectivity index (χ4n) is 2.57. The van der Waals surface area contributed by atoms with Gasteiger partial charge in [-0.15, -0.1) is 0 Å². The predicted molar refractivity (Wildman–Crippen MR) is 81.6 cm³/mol. The Morgan fingerprint density at radius 3 is 2.24 bits per heavy atom. The second kappa shape index (κ2) is 6.45. The second-order valence-corrected chi connectivity index (χ2v) is 6.11. The third-order valence-electron chi connectivity index (χ3n) is 3.61.